The van der Waals surface area contributed by atoms with Gasteiger partial charge in [-0.25, -0.2) is 0 Å². The first-order valence-electron chi connectivity index (χ1n) is 7.44. The molecule has 1 aliphatic heterocycles. The zero-order valence-electron chi connectivity index (χ0n) is 12.3. The topological polar surface area (TPSA) is 39.1 Å². The molecule has 0 amide bonds. The molecule has 104 valence electrons. The highest BCUT2D eigenvalue weighted by Gasteiger charge is 2.18. The molecule has 1 atom stereocenters. The highest BCUT2D eigenvalue weighted by atomic mass is 15.1. The molecule has 0 saturated carbocycles. The summed E-state index contributed by atoms with van der Waals surface area (Å²) in [5.74, 6) is 0. The number of nitrogens with one attached hydrogen (secondary N) is 1. The molecule has 0 spiro atoms. The van der Waals surface area contributed by atoms with Gasteiger partial charge in [0, 0.05) is 12.6 Å². The Kier molecular flexibility index (Phi) is 6.67. The van der Waals surface area contributed by atoms with Gasteiger partial charge >= 0.3 is 0 Å². The van der Waals surface area contributed by atoms with Crippen molar-refractivity contribution in [3.8, 4) is 6.07 Å². The van der Waals surface area contributed by atoms with Crippen LogP contribution in [0.4, 0.5) is 0 Å². The summed E-state index contributed by atoms with van der Waals surface area (Å²) < 4.78 is 0. The van der Waals surface area contributed by atoms with E-state index in [2.05, 4.69) is 23.2 Å². The monoisotopic (exact) mass is 251 g/mol. The van der Waals surface area contributed by atoms with E-state index in [9.17, 15) is 0 Å². The summed E-state index contributed by atoms with van der Waals surface area (Å²) in [5.41, 5.74) is -0.164. The van der Waals surface area contributed by atoms with Gasteiger partial charge in [0.05, 0.1) is 11.5 Å². The Morgan fingerprint density at radius 3 is 2.72 bits per heavy atom. The zero-order chi connectivity index (χ0) is 13.4. The van der Waals surface area contributed by atoms with Gasteiger partial charge in [0.1, 0.15) is 0 Å². The minimum absolute atomic E-state index is 0.164. The van der Waals surface area contributed by atoms with Crippen molar-refractivity contribution >= 4 is 0 Å². The maximum atomic E-state index is 9.00. The molecule has 0 aromatic heterocycles. The average molecular weight is 251 g/mol. The van der Waals surface area contributed by atoms with Crippen molar-refractivity contribution in [2.45, 2.75) is 58.9 Å². The Bertz CT molecular complexity index is 261. The Labute approximate surface area is 113 Å². The van der Waals surface area contributed by atoms with E-state index in [-0.39, 0.29) is 5.41 Å². The molecule has 1 rings (SSSR count). The molecule has 0 aliphatic carbocycles. The smallest absolute Gasteiger partial charge is 0.0683 e. The van der Waals surface area contributed by atoms with E-state index in [4.69, 9.17) is 5.26 Å². The fourth-order valence-electron chi connectivity index (χ4n) is 2.57. The van der Waals surface area contributed by atoms with E-state index < -0.39 is 0 Å². The van der Waals surface area contributed by atoms with Gasteiger partial charge in [-0.1, -0.05) is 13.3 Å². The number of rotatable bonds is 7. The van der Waals surface area contributed by atoms with E-state index in [1.807, 2.05) is 13.8 Å². The fraction of sp³-hybridized carbons (Fsp3) is 0.933. The number of nitriles is 1. The summed E-state index contributed by atoms with van der Waals surface area (Å²) in [6, 6.07) is 3.07. The first kappa shape index (κ1) is 15.5. The molecular formula is C15H29N3. The molecule has 1 heterocycles. The van der Waals surface area contributed by atoms with Crippen LogP contribution in [0, 0.1) is 16.7 Å². The standard InChI is InChI=1S/C15H29N3/c1-4-18(11-7-9-15(2,3)13-16)12-14-8-5-6-10-17-14/h14,17H,4-12H2,1-3H3. The van der Waals surface area contributed by atoms with Crippen LogP contribution in [0.15, 0.2) is 0 Å². The summed E-state index contributed by atoms with van der Waals surface area (Å²) in [7, 11) is 0. The van der Waals surface area contributed by atoms with Crippen molar-refractivity contribution in [3.05, 3.63) is 0 Å². The predicted octanol–water partition coefficient (Wildman–Crippen LogP) is 2.78. The molecule has 3 heteroatoms. The van der Waals surface area contributed by atoms with Crippen molar-refractivity contribution in [2.24, 2.45) is 5.41 Å². The molecule has 0 aromatic carbocycles. The molecule has 1 unspecified atom stereocenters. The summed E-state index contributed by atoms with van der Waals surface area (Å²) in [4.78, 5) is 2.52. The summed E-state index contributed by atoms with van der Waals surface area (Å²) in [6.07, 6.45) is 6.15. The van der Waals surface area contributed by atoms with Crippen LogP contribution in [0.1, 0.15) is 52.9 Å². The second-order valence-electron chi connectivity index (χ2n) is 6.14. The highest BCUT2D eigenvalue weighted by Crippen LogP contribution is 2.20. The quantitative estimate of drug-likeness (QED) is 0.756. The Morgan fingerprint density at radius 1 is 1.39 bits per heavy atom. The molecule has 18 heavy (non-hydrogen) atoms. The van der Waals surface area contributed by atoms with E-state index in [0.717, 1.165) is 25.9 Å². The zero-order valence-corrected chi connectivity index (χ0v) is 12.3. The van der Waals surface area contributed by atoms with Crippen LogP contribution >= 0.6 is 0 Å². The number of likely N-dealkylation sites (N-methyl/N-ethyl adjacent to an activating group) is 1. The van der Waals surface area contributed by atoms with Crippen LogP contribution < -0.4 is 5.32 Å². The highest BCUT2D eigenvalue weighted by molar-refractivity contribution is 4.91. The van der Waals surface area contributed by atoms with Gasteiger partial charge < -0.3 is 10.2 Å². The maximum absolute atomic E-state index is 9.00. The number of hydrogen-bond donors (Lipinski definition) is 1. The third kappa shape index (κ3) is 5.84. The second kappa shape index (κ2) is 7.76. The largest absolute Gasteiger partial charge is 0.313 e. The van der Waals surface area contributed by atoms with Crippen molar-refractivity contribution < 1.29 is 0 Å². The molecule has 1 saturated heterocycles. The molecule has 3 nitrogen and oxygen atoms in total. The number of hydrogen-bond acceptors (Lipinski definition) is 3. The molecule has 0 bridgehead atoms. The Balaban J connectivity index is 2.23. The second-order valence-corrected chi connectivity index (χ2v) is 6.14. The van der Waals surface area contributed by atoms with Gasteiger partial charge in [-0.15, -0.1) is 0 Å². The van der Waals surface area contributed by atoms with Gasteiger partial charge in [-0.2, -0.15) is 5.26 Å². The summed E-state index contributed by atoms with van der Waals surface area (Å²) in [6.45, 7) is 10.9. The van der Waals surface area contributed by atoms with E-state index in [1.54, 1.807) is 0 Å². The van der Waals surface area contributed by atoms with Crippen LogP contribution in [-0.4, -0.2) is 37.1 Å². The lowest BCUT2D eigenvalue weighted by Gasteiger charge is -2.30. The van der Waals surface area contributed by atoms with Crippen molar-refractivity contribution in [1.29, 1.82) is 5.26 Å². The number of nitrogens with zero attached hydrogens (tertiary/aromatic N) is 2. The lowest BCUT2D eigenvalue weighted by Crippen LogP contribution is -2.44. The minimum Gasteiger partial charge on any atom is -0.313 e. The minimum atomic E-state index is -0.164. The third-order valence-electron chi connectivity index (χ3n) is 3.92. The van der Waals surface area contributed by atoms with Crippen molar-refractivity contribution in [1.82, 2.24) is 10.2 Å². The van der Waals surface area contributed by atoms with Crippen LogP contribution in [0.3, 0.4) is 0 Å². The first-order chi connectivity index (χ1) is 8.57. The lowest BCUT2D eigenvalue weighted by atomic mass is 9.90. The predicted molar refractivity (Wildman–Crippen MR) is 76.4 cm³/mol. The van der Waals surface area contributed by atoms with E-state index in [1.165, 1.54) is 32.4 Å². The first-order valence-corrected chi connectivity index (χ1v) is 7.44. The van der Waals surface area contributed by atoms with Crippen molar-refractivity contribution in [2.75, 3.05) is 26.2 Å². The summed E-state index contributed by atoms with van der Waals surface area (Å²) >= 11 is 0. The van der Waals surface area contributed by atoms with E-state index in [0.29, 0.717) is 6.04 Å². The SMILES string of the molecule is CCN(CCCC(C)(C)C#N)CC1CCCCN1. The Hall–Kier alpha value is -0.590. The van der Waals surface area contributed by atoms with Crippen LogP contribution in [0.2, 0.25) is 0 Å². The van der Waals surface area contributed by atoms with Gasteiger partial charge in [-0.05, 0) is 59.2 Å². The van der Waals surface area contributed by atoms with Crippen LogP contribution in [0.25, 0.3) is 0 Å². The molecular weight excluding hydrogens is 222 g/mol. The number of piperidine rings is 1. The fourth-order valence-corrected chi connectivity index (χ4v) is 2.57. The average Bonchev–Trinajstić information content (AvgIpc) is 2.38. The van der Waals surface area contributed by atoms with Gasteiger partial charge in [0.25, 0.3) is 0 Å². The normalized spacial score (nSPS) is 20.9. The lowest BCUT2D eigenvalue weighted by molar-refractivity contribution is 0.223. The third-order valence-corrected chi connectivity index (χ3v) is 3.92. The van der Waals surface area contributed by atoms with Crippen LogP contribution in [-0.2, 0) is 0 Å². The molecule has 1 N–H and O–H groups in total. The van der Waals surface area contributed by atoms with Gasteiger partial charge in [0.2, 0.25) is 0 Å². The van der Waals surface area contributed by atoms with Crippen LogP contribution in [0.5, 0.6) is 0 Å². The molecule has 1 aliphatic rings. The van der Waals surface area contributed by atoms with Gasteiger partial charge in [-0.3, -0.25) is 0 Å². The van der Waals surface area contributed by atoms with Gasteiger partial charge in [0.15, 0.2) is 0 Å². The van der Waals surface area contributed by atoms with Crippen molar-refractivity contribution in [3.63, 3.8) is 0 Å². The summed E-state index contributed by atoms with van der Waals surface area (Å²) in [5, 5.41) is 12.6. The molecule has 0 radical (unpaired) electrons. The Morgan fingerprint density at radius 2 is 2.17 bits per heavy atom. The maximum Gasteiger partial charge on any atom is 0.0683 e. The van der Waals surface area contributed by atoms with E-state index >= 15 is 0 Å². The molecule has 0 aromatic rings. The molecule has 1 fully saturated rings.